The number of nitrogens with zero attached hydrogens (tertiary/aromatic N) is 1. The molecule has 23 heavy (non-hydrogen) atoms. The largest absolute Gasteiger partial charge is 0.353 e. The van der Waals surface area contributed by atoms with Gasteiger partial charge in [-0.05, 0) is 36.8 Å². The topological polar surface area (TPSA) is 49.4 Å². The minimum absolute atomic E-state index is 0.129. The third-order valence-electron chi connectivity index (χ3n) is 4.41. The molecule has 0 spiro atoms. The van der Waals surface area contributed by atoms with Gasteiger partial charge in [0.1, 0.15) is 0 Å². The summed E-state index contributed by atoms with van der Waals surface area (Å²) in [5, 5.41) is 3.09. The van der Waals surface area contributed by atoms with Gasteiger partial charge in [0, 0.05) is 25.6 Å². The summed E-state index contributed by atoms with van der Waals surface area (Å²) in [5.41, 5.74) is 2.27. The maximum Gasteiger partial charge on any atom is 0.227 e. The Labute approximate surface area is 139 Å². The number of carbonyl (C=O) groups excluding carboxylic acids is 2. The average molecular weight is 316 g/mol. The molecule has 2 amide bonds. The highest BCUT2D eigenvalue weighted by molar-refractivity contribution is 5.79. The van der Waals surface area contributed by atoms with Crippen LogP contribution in [0.3, 0.4) is 0 Å². The summed E-state index contributed by atoms with van der Waals surface area (Å²) in [6.07, 6.45) is 2.75. The standard InChI is InChI=1S/C19H28N2O2/c1-14(2)12-18(22)20-17-8-10-21(11-9-17)19(23)13-16-7-5-4-6-15(16)3/h4-7,14,17H,8-13H2,1-3H3,(H,20,22). The summed E-state index contributed by atoms with van der Waals surface area (Å²) in [5.74, 6) is 0.696. The number of benzene rings is 1. The first-order valence-corrected chi connectivity index (χ1v) is 8.57. The summed E-state index contributed by atoms with van der Waals surface area (Å²) in [6.45, 7) is 7.60. The Kier molecular flexibility index (Phi) is 6.20. The van der Waals surface area contributed by atoms with Crippen LogP contribution >= 0.6 is 0 Å². The van der Waals surface area contributed by atoms with Gasteiger partial charge in [0.25, 0.3) is 0 Å². The summed E-state index contributed by atoms with van der Waals surface area (Å²) >= 11 is 0. The highest BCUT2D eigenvalue weighted by atomic mass is 16.2. The number of rotatable bonds is 5. The highest BCUT2D eigenvalue weighted by Gasteiger charge is 2.24. The zero-order valence-corrected chi connectivity index (χ0v) is 14.5. The van der Waals surface area contributed by atoms with E-state index in [0.29, 0.717) is 18.8 Å². The van der Waals surface area contributed by atoms with E-state index in [1.807, 2.05) is 49.9 Å². The average Bonchev–Trinajstić information content (AvgIpc) is 2.49. The van der Waals surface area contributed by atoms with Gasteiger partial charge in [-0.3, -0.25) is 9.59 Å². The van der Waals surface area contributed by atoms with Crippen molar-refractivity contribution in [1.82, 2.24) is 10.2 Å². The molecule has 0 bridgehead atoms. The van der Waals surface area contributed by atoms with Crippen molar-refractivity contribution in [2.75, 3.05) is 13.1 Å². The van der Waals surface area contributed by atoms with Gasteiger partial charge in [0.05, 0.1) is 6.42 Å². The van der Waals surface area contributed by atoms with E-state index in [2.05, 4.69) is 5.32 Å². The van der Waals surface area contributed by atoms with Crippen molar-refractivity contribution in [3.05, 3.63) is 35.4 Å². The molecular formula is C19H28N2O2. The second-order valence-corrected chi connectivity index (χ2v) is 6.92. The number of amides is 2. The predicted octanol–water partition coefficient (Wildman–Crippen LogP) is 2.69. The number of hydrogen-bond acceptors (Lipinski definition) is 2. The molecule has 1 aliphatic rings. The molecule has 1 saturated heterocycles. The number of piperidine rings is 1. The molecule has 0 radical (unpaired) electrons. The molecule has 4 heteroatoms. The van der Waals surface area contributed by atoms with Crippen molar-refractivity contribution in [2.24, 2.45) is 5.92 Å². The Balaban J connectivity index is 1.79. The third-order valence-corrected chi connectivity index (χ3v) is 4.41. The van der Waals surface area contributed by atoms with Crippen LogP contribution in [-0.4, -0.2) is 35.8 Å². The van der Waals surface area contributed by atoms with E-state index >= 15 is 0 Å². The molecule has 0 aromatic heterocycles. The van der Waals surface area contributed by atoms with Gasteiger partial charge in [-0.25, -0.2) is 0 Å². The molecule has 1 N–H and O–H groups in total. The number of aryl methyl sites for hydroxylation is 1. The van der Waals surface area contributed by atoms with E-state index in [-0.39, 0.29) is 17.9 Å². The van der Waals surface area contributed by atoms with Gasteiger partial charge in [0.15, 0.2) is 0 Å². The molecule has 4 nitrogen and oxygen atoms in total. The zero-order valence-electron chi connectivity index (χ0n) is 14.5. The molecule has 1 aromatic carbocycles. The van der Waals surface area contributed by atoms with E-state index in [1.54, 1.807) is 0 Å². The minimum atomic E-state index is 0.129. The van der Waals surface area contributed by atoms with Gasteiger partial charge in [0.2, 0.25) is 11.8 Å². The second kappa shape index (κ2) is 8.14. The van der Waals surface area contributed by atoms with Gasteiger partial charge < -0.3 is 10.2 Å². The van der Waals surface area contributed by atoms with E-state index < -0.39 is 0 Å². The van der Waals surface area contributed by atoms with Crippen LogP contribution in [0.1, 0.15) is 44.2 Å². The first-order chi connectivity index (χ1) is 11.0. The quantitative estimate of drug-likeness (QED) is 0.908. The van der Waals surface area contributed by atoms with Crippen LogP contribution in [0.4, 0.5) is 0 Å². The molecule has 126 valence electrons. The zero-order chi connectivity index (χ0) is 16.8. The fourth-order valence-corrected chi connectivity index (χ4v) is 3.01. The summed E-state index contributed by atoms with van der Waals surface area (Å²) in [4.78, 5) is 26.2. The lowest BCUT2D eigenvalue weighted by Crippen LogP contribution is -2.47. The van der Waals surface area contributed by atoms with E-state index in [1.165, 1.54) is 0 Å². The summed E-state index contributed by atoms with van der Waals surface area (Å²) < 4.78 is 0. The number of carbonyl (C=O) groups is 2. The van der Waals surface area contributed by atoms with Crippen molar-refractivity contribution in [1.29, 1.82) is 0 Å². The lowest BCUT2D eigenvalue weighted by Gasteiger charge is -2.32. The van der Waals surface area contributed by atoms with Crippen molar-refractivity contribution in [2.45, 2.75) is 52.5 Å². The monoisotopic (exact) mass is 316 g/mol. The molecule has 1 fully saturated rings. The minimum Gasteiger partial charge on any atom is -0.353 e. The van der Waals surface area contributed by atoms with Crippen LogP contribution < -0.4 is 5.32 Å². The Morgan fingerprint density at radius 3 is 2.48 bits per heavy atom. The van der Waals surface area contributed by atoms with Crippen molar-refractivity contribution in [3.63, 3.8) is 0 Å². The molecule has 0 aliphatic carbocycles. The Hall–Kier alpha value is -1.84. The molecule has 1 aliphatic heterocycles. The first-order valence-electron chi connectivity index (χ1n) is 8.57. The van der Waals surface area contributed by atoms with Crippen LogP contribution in [0.2, 0.25) is 0 Å². The summed E-state index contributed by atoms with van der Waals surface area (Å²) in [7, 11) is 0. The van der Waals surface area contributed by atoms with E-state index in [0.717, 1.165) is 37.1 Å². The number of nitrogens with one attached hydrogen (secondary N) is 1. The van der Waals surface area contributed by atoms with E-state index in [4.69, 9.17) is 0 Å². The third kappa shape index (κ3) is 5.38. The Bertz CT molecular complexity index is 546. The van der Waals surface area contributed by atoms with Crippen LogP contribution in [0.15, 0.2) is 24.3 Å². The second-order valence-electron chi connectivity index (χ2n) is 6.92. The summed E-state index contributed by atoms with van der Waals surface area (Å²) in [6, 6.07) is 8.25. The number of likely N-dealkylation sites (tertiary alicyclic amines) is 1. The normalized spacial score (nSPS) is 15.7. The van der Waals surface area contributed by atoms with Crippen molar-refractivity contribution in [3.8, 4) is 0 Å². The smallest absolute Gasteiger partial charge is 0.227 e. The maximum atomic E-state index is 12.4. The SMILES string of the molecule is Cc1ccccc1CC(=O)N1CCC(NC(=O)CC(C)C)CC1. The Morgan fingerprint density at radius 2 is 1.87 bits per heavy atom. The van der Waals surface area contributed by atoms with Crippen molar-refractivity contribution >= 4 is 11.8 Å². The Morgan fingerprint density at radius 1 is 1.22 bits per heavy atom. The van der Waals surface area contributed by atoms with Gasteiger partial charge in [-0.15, -0.1) is 0 Å². The molecule has 0 saturated carbocycles. The molecule has 0 unspecified atom stereocenters. The molecule has 1 heterocycles. The lowest BCUT2D eigenvalue weighted by molar-refractivity contribution is -0.131. The van der Waals surface area contributed by atoms with Crippen LogP contribution in [0.5, 0.6) is 0 Å². The fourth-order valence-electron chi connectivity index (χ4n) is 3.01. The molecule has 1 aromatic rings. The molecule has 2 rings (SSSR count). The lowest BCUT2D eigenvalue weighted by atomic mass is 10.0. The first kappa shape index (κ1) is 17.5. The van der Waals surface area contributed by atoms with Crippen molar-refractivity contribution < 1.29 is 9.59 Å². The maximum absolute atomic E-state index is 12.4. The van der Waals surface area contributed by atoms with Crippen LogP contribution in [-0.2, 0) is 16.0 Å². The van der Waals surface area contributed by atoms with Gasteiger partial charge >= 0.3 is 0 Å². The molecular weight excluding hydrogens is 288 g/mol. The van der Waals surface area contributed by atoms with Crippen LogP contribution in [0.25, 0.3) is 0 Å². The van der Waals surface area contributed by atoms with Crippen LogP contribution in [0, 0.1) is 12.8 Å². The number of hydrogen-bond donors (Lipinski definition) is 1. The van der Waals surface area contributed by atoms with E-state index in [9.17, 15) is 9.59 Å². The van der Waals surface area contributed by atoms with Gasteiger partial charge in [-0.2, -0.15) is 0 Å². The fraction of sp³-hybridized carbons (Fsp3) is 0.579. The van der Waals surface area contributed by atoms with Gasteiger partial charge in [-0.1, -0.05) is 38.1 Å². The predicted molar refractivity (Wildman–Crippen MR) is 92.1 cm³/mol. The molecule has 0 atom stereocenters. The highest BCUT2D eigenvalue weighted by Crippen LogP contribution is 2.15.